The van der Waals surface area contributed by atoms with E-state index in [1.165, 1.54) is 29.4 Å². The smallest absolute Gasteiger partial charge is 0.310 e. The van der Waals surface area contributed by atoms with Gasteiger partial charge in [-0.1, -0.05) is 29.8 Å². The largest absolute Gasteiger partial charge is 0.507 e. The number of Topliss-reactive ketones (excluding diaryl/α,β-unsaturated/α-hetero) is 1. The summed E-state index contributed by atoms with van der Waals surface area (Å²) in [4.78, 5) is 40.5. The van der Waals surface area contributed by atoms with Crippen LogP contribution in [0.25, 0.3) is 5.76 Å². The molecule has 1 fully saturated rings. The molecule has 7 nitrogen and oxygen atoms in total. The number of aliphatic hydroxyl groups excluding tert-OH is 1. The van der Waals surface area contributed by atoms with Crippen molar-refractivity contribution < 1.29 is 29.0 Å². The van der Waals surface area contributed by atoms with Crippen LogP contribution in [0.5, 0.6) is 5.75 Å². The van der Waals surface area contributed by atoms with Crippen molar-refractivity contribution in [2.45, 2.75) is 32.4 Å². The Balaban J connectivity index is 1.74. The molecule has 9 heteroatoms. The number of rotatable bonds is 7. The van der Waals surface area contributed by atoms with Crippen LogP contribution in [0, 0.1) is 0 Å². The van der Waals surface area contributed by atoms with Crippen LogP contribution in [0.4, 0.5) is 5.69 Å². The van der Waals surface area contributed by atoms with Crippen molar-refractivity contribution >= 4 is 52.0 Å². The van der Waals surface area contributed by atoms with E-state index in [0.717, 1.165) is 0 Å². The number of hydrogen-bond acceptors (Lipinski definition) is 7. The van der Waals surface area contributed by atoms with Crippen molar-refractivity contribution in [1.82, 2.24) is 0 Å². The molecule has 1 aromatic heterocycles. The zero-order valence-corrected chi connectivity index (χ0v) is 21.4. The molecule has 1 unspecified atom stereocenters. The molecule has 0 spiro atoms. The number of methoxy groups -OCH3 is 1. The second-order valence-corrected chi connectivity index (χ2v) is 9.80. The minimum atomic E-state index is -0.831. The molecule has 1 saturated heterocycles. The first-order valence-corrected chi connectivity index (χ1v) is 12.4. The second-order valence-electron chi connectivity index (χ2n) is 8.42. The third-order valence-corrected chi connectivity index (χ3v) is 6.83. The monoisotopic (exact) mass is 525 g/mol. The second kappa shape index (κ2) is 10.6. The maximum Gasteiger partial charge on any atom is 0.310 e. The molecule has 3 aromatic rings. The predicted octanol–water partition coefficient (Wildman–Crippen LogP) is 5.53. The molecule has 0 radical (unpaired) electrons. The zero-order chi connectivity index (χ0) is 26.0. The molecule has 1 aliphatic heterocycles. The summed E-state index contributed by atoms with van der Waals surface area (Å²) in [6.07, 6.45) is -0.126. The molecule has 4 rings (SSSR count). The number of anilines is 1. The highest BCUT2D eigenvalue weighted by Gasteiger charge is 2.47. The lowest BCUT2D eigenvalue weighted by Crippen LogP contribution is -2.29. The standard InChI is InChI=1S/C27H24ClNO6S/c1-15(2)35-22(30)13-16-6-9-18(10-7-16)29-24(21-5-4-12-36-21)23(26(32)27(29)33)25(31)17-8-11-20(34-3)19(28)14-17/h4-12,14-15,24,31H,13H2,1-3H3/b25-23-. The van der Waals surface area contributed by atoms with Crippen LogP contribution < -0.4 is 9.64 Å². The average molecular weight is 526 g/mol. The Hall–Kier alpha value is -3.62. The van der Waals surface area contributed by atoms with Crippen LogP contribution in [0.2, 0.25) is 5.02 Å². The van der Waals surface area contributed by atoms with E-state index in [2.05, 4.69) is 0 Å². The summed E-state index contributed by atoms with van der Waals surface area (Å²) >= 11 is 7.60. The lowest BCUT2D eigenvalue weighted by molar-refractivity contribution is -0.146. The third kappa shape index (κ3) is 5.01. The molecule has 2 heterocycles. The summed E-state index contributed by atoms with van der Waals surface area (Å²) in [5, 5.41) is 13.3. The molecule has 0 aliphatic carbocycles. The van der Waals surface area contributed by atoms with Crippen LogP contribution >= 0.6 is 22.9 Å². The van der Waals surface area contributed by atoms with E-state index in [4.69, 9.17) is 21.1 Å². The molecule has 2 aromatic carbocycles. The molecule has 1 aliphatic rings. The highest BCUT2D eigenvalue weighted by atomic mass is 35.5. The van der Waals surface area contributed by atoms with Crippen LogP contribution in [-0.2, 0) is 25.5 Å². The van der Waals surface area contributed by atoms with Gasteiger partial charge < -0.3 is 14.6 Å². The van der Waals surface area contributed by atoms with Gasteiger partial charge >= 0.3 is 5.97 Å². The summed E-state index contributed by atoms with van der Waals surface area (Å²) < 4.78 is 10.4. The molecular formula is C27H24ClNO6S. The summed E-state index contributed by atoms with van der Waals surface area (Å²) in [6.45, 7) is 3.56. The molecule has 1 atom stereocenters. The number of halogens is 1. The van der Waals surface area contributed by atoms with E-state index in [9.17, 15) is 19.5 Å². The molecule has 186 valence electrons. The van der Waals surface area contributed by atoms with Crippen molar-refractivity contribution in [3.8, 4) is 5.75 Å². The van der Waals surface area contributed by atoms with Crippen LogP contribution in [-0.4, -0.2) is 36.0 Å². The van der Waals surface area contributed by atoms with Crippen molar-refractivity contribution in [3.63, 3.8) is 0 Å². The van der Waals surface area contributed by atoms with E-state index in [0.29, 0.717) is 27.4 Å². The van der Waals surface area contributed by atoms with Gasteiger partial charge in [0.25, 0.3) is 11.7 Å². The Morgan fingerprint density at radius 1 is 1.14 bits per heavy atom. The number of benzene rings is 2. The number of carbonyl (C=O) groups excluding carboxylic acids is 3. The Bertz CT molecular complexity index is 1330. The van der Waals surface area contributed by atoms with Gasteiger partial charge in [0.2, 0.25) is 0 Å². The maximum atomic E-state index is 13.2. The molecular weight excluding hydrogens is 502 g/mol. The number of ether oxygens (including phenoxy) is 2. The van der Waals surface area contributed by atoms with Crippen molar-refractivity contribution in [3.05, 3.63) is 86.6 Å². The number of nitrogens with zero attached hydrogens (tertiary/aromatic N) is 1. The topological polar surface area (TPSA) is 93.1 Å². The zero-order valence-electron chi connectivity index (χ0n) is 19.9. The van der Waals surface area contributed by atoms with Crippen LogP contribution in [0.3, 0.4) is 0 Å². The average Bonchev–Trinajstić information content (AvgIpc) is 3.45. The summed E-state index contributed by atoms with van der Waals surface area (Å²) in [5.74, 6) is -1.83. The van der Waals surface area contributed by atoms with Gasteiger partial charge in [0.1, 0.15) is 17.6 Å². The number of esters is 1. The molecule has 36 heavy (non-hydrogen) atoms. The van der Waals surface area contributed by atoms with Crippen LogP contribution in [0.1, 0.15) is 35.9 Å². The van der Waals surface area contributed by atoms with Gasteiger partial charge in [-0.3, -0.25) is 19.3 Å². The summed E-state index contributed by atoms with van der Waals surface area (Å²) in [7, 11) is 1.47. The normalized spacial score (nSPS) is 17.0. The minimum Gasteiger partial charge on any atom is -0.507 e. The fourth-order valence-electron chi connectivity index (χ4n) is 4.03. The van der Waals surface area contributed by atoms with Gasteiger partial charge in [0, 0.05) is 16.1 Å². The number of aliphatic hydroxyl groups is 1. The van der Waals surface area contributed by atoms with E-state index >= 15 is 0 Å². The van der Waals surface area contributed by atoms with Crippen molar-refractivity contribution in [1.29, 1.82) is 0 Å². The number of carbonyl (C=O) groups is 3. The first kappa shape index (κ1) is 25.5. The quantitative estimate of drug-likeness (QED) is 0.189. The Morgan fingerprint density at radius 2 is 1.86 bits per heavy atom. The van der Waals surface area contributed by atoms with Crippen LogP contribution in [0.15, 0.2) is 65.6 Å². The number of amides is 1. The number of hydrogen-bond donors (Lipinski definition) is 1. The molecule has 0 bridgehead atoms. The van der Waals surface area contributed by atoms with Crippen molar-refractivity contribution in [2.24, 2.45) is 0 Å². The third-order valence-electron chi connectivity index (χ3n) is 5.61. The van der Waals surface area contributed by atoms with Gasteiger partial charge in [-0.15, -0.1) is 11.3 Å². The molecule has 1 N–H and O–H groups in total. The van der Waals surface area contributed by atoms with Gasteiger partial charge in [0.15, 0.2) is 0 Å². The van der Waals surface area contributed by atoms with Gasteiger partial charge in [-0.25, -0.2) is 0 Å². The van der Waals surface area contributed by atoms with E-state index in [1.807, 2.05) is 11.4 Å². The maximum absolute atomic E-state index is 13.2. The first-order valence-electron chi connectivity index (χ1n) is 11.2. The highest BCUT2D eigenvalue weighted by Crippen LogP contribution is 2.44. The predicted molar refractivity (Wildman–Crippen MR) is 138 cm³/mol. The fourth-order valence-corrected chi connectivity index (χ4v) is 5.11. The van der Waals surface area contributed by atoms with E-state index < -0.39 is 17.7 Å². The summed E-state index contributed by atoms with van der Waals surface area (Å²) in [5.41, 5.74) is 1.43. The number of thiophene rings is 1. The lowest BCUT2D eigenvalue weighted by atomic mass is 9.99. The molecule has 1 amide bonds. The molecule has 0 saturated carbocycles. The van der Waals surface area contributed by atoms with Gasteiger partial charge in [0.05, 0.1) is 30.2 Å². The Morgan fingerprint density at radius 3 is 2.44 bits per heavy atom. The Labute approximate surface area is 217 Å². The first-order chi connectivity index (χ1) is 17.2. The lowest BCUT2D eigenvalue weighted by Gasteiger charge is -2.24. The van der Waals surface area contributed by atoms with Gasteiger partial charge in [-0.2, -0.15) is 0 Å². The highest BCUT2D eigenvalue weighted by molar-refractivity contribution is 7.10. The van der Waals surface area contributed by atoms with E-state index in [-0.39, 0.29) is 34.8 Å². The van der Waals surface area contributed by atoms with E-state index in [1.54, 1.807) is 56.3 Å². The fraction of sp³-hybridized carbons (Fsp3) is 0.222. The van der Waals surface area contributed by atoms with Crippen molar-refractivity contribution in [2.75, 3.05) is 12.0 Å². The number of ketones is 1. The van der Waals surface area contributed by atoms with Gasteiger partial charge in [-0.05, 0) is 61.2 Å². The minimum absolute atomic E-state index is 0.0340. The summed E-state index contributed by atoms with van der Waals surface area (Å²) in [6, 6.07) is 14.2. The Kier molecular flexibility index (Phi) is 7.47. The SMILES string of the molecule is COc1ccc(/C(O)=C2/C(=O)C(=O)N(c3ccc(CC(=O)OC(C)C)cc3)C2c2cccs2)cc1Cl.